The molecule has 0 radical (unpaired) electrons. The van der Waals surface area contributed by atoms with Crippen molar-refractivity contribution in [2.45, 2.75) is 79.4 Å². The number of rotatable bonds is 10. The number of aryl methyl sites for hydroxylation is 1. The fourth-order valence-corrected chi connectivity index (χ4v) is 16.3. The first-order chi connectivity index (χ1) is 45.1. The van der Waals surface area contributed by atoms with E-state index in [2.05, 4.69) is 64.6 Å². The van der Waals surface area contributed by atoms with Crippen LogP contribution in [0.15, 0.2) is 186 Å². The molecule has 0 unspecified atom stereocenters. The molecule has 21 nitrogen and oxygen atoms in total. The molecule has 1 saturated carbocycles. The van der Waals surface area contributed by atoms with Gasteiger partial charge in [0.2, 0.25) is 20.0 Å². The van der Waals surface area contributed by atoms with Gasteiger partial charge in [0.05, 0.1) is 26.9 Å². The SMILES string of the molecule is Cc1ccc(S(=O)(=O)N2CCC(c3nc(-c4cc5ccccc5[nH]4)c4c(N)nccn34)CC2)cc1.Nc1nccn2c(C3CCC3)nc(-c3cc4ccccc4[nH]3)c12.Nc1nccn2c(C3CCN(S(=O)(=O)c4cccc(F)c4)CC3)nc(-c3cc4ccccc4[nH]3)c12. The Balaban J connectivity index is 0.000000118. The predicted molar refractivity (Wildman–Crippen MR) is 360 cm³/mol. The summed E-state index contributed by atoms with van der Waals surface area (Å²) in [6.45, 7) is 3.47. The summed E-state index contributed by atoms with van der Waals surface area (Å²) >= 11 is 0. The molecule has 17 rings (SSSR count). The van der Waals surface area contributed by atoms with Gasteiger partial charge in [-0.25, -0.2) is 51.1 Å². The molecule has 2 aliphatic heterocycles. The van der Waals surface area contributed by atoms with Crippen molar-refractivity contribution in [1.29, 1.82) is 0 Å². The minimum atomic E-state index is -3.76. The van der Waals surface area contributed by atoms with Gasteiger partial charge in [-0.2, -0.15) is 8.61 Å². The van der Waals surface area contributed by atoms with E-state index in [1.54, 1.807) is 35.0 Å². The largest absolute Gasteiger partial charge is 0.382 e. The molecular formula is C69H66FN17O4S2. The number of nitrogens with two attached hydrogens (primary N) is 3. The maximum atomic E-state index is 13.6. The molecule has 470 valence electrons. The Bertz CT molecular complexity index is 5280. The van der Waals surface area contributed by atoms with E-state index in [4.69, 9.17) is 32.2 Å². The maximum absolute atomic E-state index is 13.6. The van der Waals surface area contributed by atoms with Crippen LogP contribution in [0.5, 0.6) is 0 Å². The van der Waals surface area contributed by atoms with E-state index in [0.29, 0.717) is 80.1 Å². The quantitative estimate of drug-likeness (QED) is 0.0743. The number of imidazole rings is 3. The average Bonchev–Trinajstić information content (AvgIpc) is 1.70. The van der Waals surface area contributed by atoms with Gasteiger partial charge in [0.1, 0.15) is 74.4 Å². The van der Waals surface area contributed by atoms with Crippen molar-refractivity contribution >= 4 is 86.8 Å². The van der Waals surface area contributed by atoms with Gasteiger partial charge in [0.15, 0.2) is 0 Å². The fourth-order valence-electron chi connectivity index (χ4n) is 13.3. The van der Waals surface area contributed by atoms with Crippen LogP contribution < -0.4 is 17.2 Å². The summed E-state index contributed by atoms with van der Waals surface area (Å²) in [4.78, 5) is 38.5. The standard InChI is InChI=1S/C26H26N6O2S.C25H23FN6O2S.C18H17N5/c1-17-6-8-20(9-7-17)35(33,34)31-13-10-18(11-14-31)26-30-23(24-25(27)28-12-15-32(24)26)22-16-19-4-2-3-5-21(19)29-22;26-18-5-3-6-19(15-18)35(33,34)31-11-8-16(9-12-31)25-30-22(23-24(27)28-10-13-32(23)25)21-14-17-4-1-2-7-20(17)29-21;19-17-16-15(14-10-12-4-1-2-7-13(12)21-14)22-18(11-5-3-6-11)23(16)9-8-20-17/h2-9,12,15-16,18,29H,10-11,13-14H2,1H3,(H2,27,28);1-7,10,13-16,29H,8-9,11-12H2,(H2,27,28);1-2,4,7-11,21H,3,5-6H2,(H2,19,20). The zero-order chi connectivity index (χ0) is 63.7. The number of hydrogen-bond acceptors (Lipinski definition) is 13. The number of H-pyrrole nitrogens is 3. The van der Waals surface area contributed by atoms with Crippen molar-refractivity contribution < 1.29 is 21.2 Å². The Morgan fingerprint density at radius 2 is 0.806 bits per heavy atom. The zero-order valence-electron chi connectivity index (χ0n) is 50.7. The van der Waals surface area contributed by atoms with Gasteiger partial charge in [-0.05, 0) is 112 Å². The maximum Gasteiger partial charge on any atom is 0.243 e. The first-order valence-corrected chi connectivity index (χ1v) is 34.0. The molecule has 14 aromatic rings. The number of anilines is 3. The number of nitrogen functional groups attached to an aromatic ring is 3. The Kier molecular flexibility index (Phi) is 15.1. The molecule has 1 aliphatic carbocycles. The van der Waals surface area contributed by atoms with Crippen LogP contribution in [0.2, 0.25) is 0 Å². The summed E-state index contributed by atoms with van der Waals surface area (Å²) in [5.74, 6) is 4.23. The second-order valence-electron chi connectivity index (χ2n) is 24.1. The van der Waals surface area contributed by atoms with Crippen LogP contribution in [-0.4, -0.2) is 110 Å². The number of benzene rings is 5. The molecular weight excluding hydrogens is 1210 g/mol. The lowest BCUT2D eigenvalue weighted by Gasteiger charge is -2.30. The van der Waals surface area contributed by atoms with Gasteiger partial charge in [-0.15, -0.1) is 0 Å². The normalized spacial score (nSPS) is 15.7. The highest BCUT2D eigenvalue weighted by molar-refractivity contribution is 7.89. The highest BCUT2D eigenvalue weighted by Crippen LogP contribution is 2.41. The Hall–Kier alpha value is -10.3. The molecule has 0 atom stereocenters. The summed E-state index contributed by atoms with van der Waals surface area (Å²) < 4.78 is 75.1. The summed E-state index contributed by atoms with van der Waals surface area (Å²) in [6.07, 6.45) is 17.0. The van der Waals surface area contributed by atoms with Gasteiger partial charge in [-0.1, -0.05) is 84.8 Å². The van der Waals surface area contributed by atoms with Crippen molar-refractivity contribution in [1.82, 2.24) is 66.7 Å². The molecule has 0 bridgehead atoms. The van der Waals surface area contributed by atoms with Gasteiger partial charge in [0.25, 0.3) is 0 Å². The second-order valence-corrected chi connectivity index (χ2v) is 28.0. The van der Waals surface area contributed by atoms with E-state index in [0.717, 1.165) is 107 Å². The van der Waals surface area contributed by atoms with Gasteiger partial charge < -0.3 is 32.2 Å². The number of sulfonamides is 2. The van der Waals surface area contributed by atoms with E-state index in [1.165, 1.54) is 47.2 Å². The lowest BCUT2D eigenvalue weighted by atomic mass is 9.85. The number of para-hydroxylation sites is 3. The first kappa shape index (κ1) is 59.1. The average molecular weight is 1280 g/mol. The highest BCUT2D eigenvalue weighted by Gasteiger charge is 2.35. The monoisotopic (exact) mass is 1280 g/mol. The summed E-state index contributed by atoms with van der Waals surface area (Å²) in [5.41, 5.74) is 30.4. The lowest BCUT2D eigenvalue weighted by Crippen LogP contribution is -2.38. The number of aromatic amines is 3. The molecule has 0 spiro atoms. The van der Waals surface area contributed by atoms with Crippen molar-refractivity contribution in [3.05, 3.63) is 206 Å². The summed E-state index contributed by atoms with van der Waals surface area (Å²) in [5, 5.41) is 3.35. The molecule has 24 heteroatoms. The lowest BCUT2D eigenvalue weighted by molar-refractivity contribution is 0.313. The van der Waals surface area contributed by atoms with Crippen LogP contribution in [0.1, 0.15) is 85.7 Å². The number of nitrogens with zero attached hydrogens (tertiary/aromatic N) is 11. The van der Waals surface area contributed by atoms with Crippen LogP contribution in [0, 0.1) is 12.7 Å². The van der Waals surface area contributed by atoms with E-state index >= 15 is 0 Å². The van der Waals surface area contributed by atoms with E-state index < -0.39 is 25.9 Å². The van der Waals surface area contributed by atoms with Crippen LogP contribution >= 0.6 is 0 Å². The van der Waals surface area contributed by atoms with Crippen molar-refractivity contribution in [3.8, 4) is 34.2 Å². The van der Waals surface area contributed by atoms with Crippen molar-refractivity contribution in [3.63, 3.8) is 0 Å². The molecule has 3 aliphatic rings. The highest BCUT2D eigenvalue weighted by atomic mass is 32.2. The third kappa shape index (κ3) is 10.9. The number of fused-ring (bicyclic) bond motifs is 6. The topological polar surface area (TPSA) is 291 Å². The van der Waals surface area contributed by atoms with E-state index in [9.17, 15) is 21.2 Å². The van der Waals surface area contributed by atoms with Crippen molar-refractivity contribution in [2.24, 2.45) is 0 Å². The number of halogens is 1. The van der Waals surface area contributed by atoms with Gasteiger partial charge in [0, 0.05) is 114 Å². The predicted octanol–water partition coefficient (Wildman–Crippen LogP) is 12.2. The smallest absolute Gasteiger partial charge is 0.243 e. The minimum absolute atomic E-state index is 0.0258. The third-order valence-corrected chi connectivity index (χ3v) is 22.2. The molecule has 5 aromatic carbocycles. The van der Waals surface area contributed by atoms with Crippen LogP contribution in [-0.2, 0) is 20.0 Å². The molecule has 93 heavy (non-hydrogen) atoms. The number of piperidine rings is 2. The van der Waals surface area contributed by atoms with E-state index in [-0.39, 0.29) is 16.7 Å². The molecule has 3 fully saturated rings. The fraction of sp³-hybridized carbons (Fsp3) is 0.217. The third-order valence-electron chi connectivity index (χ3n) is 18.4. The number of hydrogen-bond donors (Lipinski definition) is 6. The number of nitrogens with one attached hydrogen (secondary N) is 3. The molecule has 2 saturated heterocycles. The van der Waals surface area contributed by atoms with Gasteiger partial charge >= 0.3 is 0 Å². The molecule has 9 N–H and O–H groups in total. The van der Waals surface area contributed by atoms with E-state index in [1.807, 2.05) is 107 Å². The Morgan fingerprint density at radius 1 is 0.441 bits per heavy atom. The molecule has 11 heterocycles. The molecule has 0 amide bonds. The second kappa shape index (κ2) is 23.8. The minimum Gasteiger partial charge on any atom is -0.382 e. The van der Waals surface area contributed by atoms with Crippen LogP contribution in [0.25, 0.3) is 83.4 Å². The summed E-state index contributed by atoms with van der Waals surface area (Å²) in [6, 6.07) is 42.8. The first-order valence-electron chi connectivity index (χ1n) is 31.1. The van der Waals surface area contributed by atoms with Crippen LogP contribution in [0.4, 0.5) is 21.8 Å². The van der Waals surface area contributed by atoms with Crippen LogP contribution in [0.3, 0.4) is 0 Å². The zero-order valence-corrected chi connectivity index (χ0v) is 52.4. The Morgan fingerprint density at radius 3 is 1.16 bits per heavy atom. The number of aromatic nitrogens is 12. The summed E-state index contributed by atoms with van der Waals surface area (Å²) in [7, 11) is -7.28. The molecule has 9 aromatic heterocycles. The van der Waals surface area contributed by atoms with Crippen molar-refractivity contribution in [2.75, 3.05) is 43.4 Å². The van der Waals surface area contributed by atoms with Gasteiger partial charge in [-0.3, -0.25) is 13.2 Å². The Labute approximate surface area is 534 Å².